The largest absolute Gasteiger partial charge is 0.464 e. The van der Waals surface area contributed by atoms with Crippen LogP contribution in [0.4, 0.5) is 0 Å². The van der Waals surface area contributed by atoms with Crippen molar-refractivity contribution in [3.63, 3.8) is 0 Å². The molecule has 0 aromatic heterocycles. The lowest BCUT2D eigenvalue weighted by Crippen LogP contribution is -2.63. The Labute approximate surface area is 154 Å². The molecule has 0 unspecified atom stereocenters. The monoisotopic (exact) mass is 391 g/mol. The molecule has 0 aliphatic carbocycles. The average Bonchev–Trinajstić information content (AvgIpc) is 2.97. The fraction of sp³-hybridized carbons (Fsp3) is 0.812. The van der Waals surface area contributed by atoms with Crippen molar-refractivity contribution in [3.05, 3.63) is 0 Å². The number of hydrogen-bond donors (Lipinski definition) is 3. The van der Waals surface area contributed by atoms with Gasteiger partial charge in [0.05, 0.1) is 17.6 Å². The third-order valence-electron chi connectivity index (χ3n) is 4.47. The maximum Gasteiger partial charge on any atom is 0.337 e. The smallest absolute Gasteiger partial charge is 0.337 e. The Bertz CT molecular complexity index is 630. The van der Waals surface area contributed by atoms with Gasteiger partial charge in [0.2, 0.25) is 17.4 Å². The van der Waals surface area contributed by atoms with Gasteiger partial charge in [0.25, 0.3) is 0 Å². The van der Waals surface area contributed by atoms with Crippen LogP contribution in [-0.2, 0) is 29.0 Å². The van der Waals surface area contributed by atoms with E-state index in [9.17, 15) is 22.8 Å². The van der Waals surface area contributed by atoms with Crippen LogP contribution in [0.25, 0.3) is 0 Å². The number of esters is 1. The number of ether oxygens (including phenoxy) is 1. The maximum absolute atomic E-state index is 12.7. The SMILES string of the molecule is CCCC(CCC)S(=O)(=O)C[C@](N)(C(N)=O)C(=O)OC[C@H]1CNC(=O)C1. The van der Waals surface area contributed by atoms with Crippen LogP contribution in [0.5, 0.6) is 0 Å². The molecule has 0 bridgehead atoms. The first-order valence-corrected chi connectivity index (χ1v) is 10.5. The second-order valence-electron chi connectivity index (χ2n) is 6.81. The highest BCUT2D eigenvalue weighted by Gasteiger charge is 2.48. The molecule has 0 aromatic carbocycles. The topological polar surface area (TPSA) is 159 Å². The summed E-state index contributed by atoms with van der Waals surface area (Å²) in [7, 11) is -3.83. The summed E-state index contributed by atoms with van der Waals surface area (Å²) in [5.74, 6) is -3.73. The van der Waals surface area contributed by atoms with Crippen LogP contribution in [0.3, 0.4) is 0 Å². The van der Waals surface area contributed by atoms with Crippen molar-refractivity contribution in [2.75, 3.05) is 18.9 Å². The van der Waals surface area contributed by atoms with Crippen LogP contribution < -0.4 is 16.8 Å². The number of hydrogen-bond acceptors (Lipinski definition) is 7. The Morgan fingerprint density at radius 1 is 1.31 bits per heavy atom. The Balaban J connectivity index is 2.87. The number of primary amides is 1. The van der Waals surface area contributed by atoms with Gasteiger partial charge in [0, 0.05) is 18.9 Å². The molecule has 1 aliphatic rings. The molecule has 150 valence electrons. The third-order valence-corrected chi connectivity index (χ3v) is 6.82. The van der Waals surface area contributed by atoms with Crippen molar-refractivity contribution in [3.8, 4) is 0 Å². The van der Waals surface area contributed by atoms with Crippen molar-refractivity contribution < 1.29 is 27.5 Å². The van der Waals surface area contributed by atoms with Gasteiger partial charge in [-0.2, -0.15) is 0 Å². The van der Waals surface area contributed by atoms with Gasteiger partial charge in [-0.15, -0.1) is 0 Å². The quantitative estimate of drug-likeness (QED) is 0.308. The van der Waals surface area contributed by atoms with E-state index < -0.39 is 38.3 Å². The summed E-state index contributed by atoms with van der Waals surface area (Å²) >= 11 is 0. The van der Waals surface area contributed by atoms with Crippen LogP contribution in [-0.4, -0.2) is 55.9 Å². The van der Waals surface area contributed by atoms with E-state index in [1.165, 1.54) is 0 Å². The zero-order chi connectivity index (χ0) is 20.0. The van der Waals surface area contributed by atoms with Gasteiger partial charge >= 0.3 is 5.97 Å². The molecule has 9 nitrogen and oxygen atoms in total. The number of nitrogens with one attached hydrogen (secondary N) is 1. The van der Waals surface area contributed by atoms with Gasteiger partial charge in [0.1, 0.15) is 0 Å². The Hall–Kier alpha value is -1.68. The number of sulfone groups is 1. The van der Waals surface area contributed by atoms with E-state index in [0.29, 0.717) is 32.2 Å². The van der Waals surface area contributed by atoms with Gasteiger partial charge in [-0.05, 0) is 12.8 Å². The lowest BCUT2D eigenvalue weighted by molar-refractivity contribution is -0.154. The van der Waals surface area contributed by atoms with Gasteiger partial charge in [0.15, 0.2) is 9.84 Å². The highest BCUT2D eigenvalue weighted by Crippen LogP contribution is 2.20. The van der Waals surface area contributed by atoms with Gasteiger partial charge < -0.3 is 21.5 Å². The van der Waals surface area contributed by atoms with Crippen LogP contribution in [0.2, 0.25) is 0 Å². The summed E-state index contributed by atoms with van der Waals surface area (Å²) in [6.07, 6.45) is 2.30. The number of amides is 2. The molecule has 0 aromatic rings. The molecule has 10 heteroatoms. The lowest BCUT2D eigenvalue weighted by Gasteiger charge is -2.26. The molecule has 5 N–H and O–H groups in total. The molecule has 2 atom stereocenters. The van der Waals surface area contributed by atoms with Crippen molar-refractivity contribution in [2.24, 2.45) is 17.4 Å². The number of rotatable bonds is 11. The Morgan fingerprint density at radius 2 is 1.88 bits per heavy atom. The summed E-state index contributed by atoms with van der Waals surface area (Å²) in [6, 6.07) is 0. The standard InChI is InChI=1S/C16H29N3O6S/c1-3-5-12(6-4-2)26(23,24)10-16(18,14(17)21)15(22)25-9-11-7-13(20)19-8-11/h11-12H,3-10,18H2,1-2H3,(H2,17,21)(H,19,20)/t11-,16+/m1/s1. The summed E-state index contributed by atoms with van der Waals surface area (Å²) in [4.78, 5) is 35.3. The molecule has 0 radical (unpaired) electrons. The minimum Gasteiger partial charge on any atom is -0.464 e. The molecule has 1 fully saturated rings. The summed E-state index contributed by atoms with van der Waals surface area (Å²) in [5.41, 5.74) is 8.59. The molecule has 26 heavy (non-hydrogen) atoms. The van der Waals surface area contributed by atoms with Gasteiger partial charge in [-0.1, -0.05) is 26.7 Å². The molecule has 1 heterocycles. The Kier molecular flexibility index (Phi) is 8.01. The van der Waals surface area contributed by atoms with Crippen molar-refractivity contribution in [2.45, 2.75) is 56.7 Å². The first-order chi connectivity index (χ1) is 12.1. The predicted molar refractivity (Wildman–Crippen MR) is 95.6 cm³/mol. The highest BCUT2D eigenvalue weighted by atomic mass is 32.2. The van der Waals surface area contributed by atoms with E-state index >= 15 is 0 Å². The van der Waals surface area contributed by atoms with Gasteiger partial charge in [-0.25, -0.2) is 13.2 Å². The highest BCUT2D eigenvalue weighted by molar-refractivity contribution is 7.92. The minimum absolute atomic E-state index is 0.142. The molecule has 1 saturated heterocycles. The van der Waals surface area contributed by atoms with Crippen molar-refractivity contribution >= 4 is 27.6 Å². The zero-order valence-corrected chi connectivity index (χ0v) is 16.1. The fourth-order valence-corrected chi connectivity index (χ4v) is 5.24. The molecule has 0 saturated carbocycles. The van der Waals surface area contributed by atoms with Gasteiger partial charge in [-0.3, -0.25) is 9.59 Å². The maximum atomic E-state index is 12.7. The van der Waals surface area contributed by atoms with E-state index in [1.807, 2.05) is 13.8 Å². The summed E-state index contributed by atoms with van der Waals surface area (Å²) < 4.78 is 30.4. The number of carbonyl (C=O) groups excluding carboxylic acids is 3. The molecule has 2 amide bonds. The van der Waals surface area contributed by atoms with E-state index in [1.54, 1.807) is 0 Å². The summed E-state index contributed by atoms with van der Waals surface area (Å²) in [6.45, 7) is 3.91. The molecule has 1 aliphatic heterocycles. The minimum atomic E-state index is -3.83. The third kappa shape index (κ3) is 5.66. The van der Waals surface area contributed by atoms with Crippen LogP contribution in [0.15, 0.2) is 0 Å². The second-order valence-corrected chi connectivity index (χ2v) is 9.10. The lowest BCUT2D eigenvalue weighted by atomic mass is 10.0. The zero-order valence-electron chi connectivity index (χ0n) is 15.3. The fourth-order valence-electron chi connectivity index (χ4n) is 2.92. The normalized spacial score (nSPS) is 19.8. The van der Waals surface area contributed by atoms with E-state index in [0.717, 1.165) is 0 Å². The van der Waals surface area contributed by atoms with Crippen molar-refractivity contribution in [1.29, 1.82) is 0 Å². The second kappa shape index (κ2) is 9.31. The van der Waals surface area contributed by atoms with Crippen molar-refractivity contribution in [1.82, 2.24) is 5.32 Å². The molecule has 0 spiro atoms. The first kappa shape index (κ1) is 22.4. The number of carbonyl (C=O) groups is 3. The number of nitrogens with two attached hydrogens (primary N) is 2. The average molecular weight is 391 g/mol. The summed E-state index contributed by atoms with van der Waals surface area (Å²) in [5, 5.41) is 1.90. The van der Waals surface area contributed by atoms with E-state index in [2.05, 4.69) is 5.32 Å². The van der Waals surface area contributed by atoms with Crippen LogP contribution >= 0.6 is 0 Å². The molecular weight excluding hydrogens is 362 g/mol. The first-order valence-electron chi connectivity index (χ1n) is 8.81. The predicted octanol–water partition coefficient (Wildman–Crippen LogP) is -0.768. The molecule has 1 rings (SSSR count). The van der Waals surface area contributed by atoms with E-state index in [4.69, 9.17) is 16.2 Å². The van der Waals surface area contributed by atoms with Crippen LogP contribution in [0, 0.1) is 5.92 Å². The molecular formula is C16H29N3O6S. The van der Waals surface area contributed by atoms with E-state index in [-0.39, 0.29) is 24.9 Å². The Morgan fingerprint density at radius 3 is 2.31 bits per heavy atom. The van der Waals surface area contributed by atoms with Crippen LogP contribution in [0.1, 0.15) is 46.0 Å².